The lowest BCUT2D eigenvalue weighted by Gasteiger charge is -2.06. The van der Waals surface area contributed by atoms with Crippen molar-refractivity contribution < 1.29 is 19.8 Å². The van der Waals surface area contributed by atoms with E-state index in [4.69, 9.17) is 5.11 Å². The lowest BCUT2D eigenvalue weighted by Crippen LogP contribution is -2.13. The lowest BCUT2D eigenvalue weighted by molar-refractivity contribution is -0.136. The fraction of sp³-hybridized carbons (Fsp3) is 0.133. The van der Waals surface area contributed by atoms with Crippen LogP contribution < -0.4 is 5.32 Å². The summed E-state index contributed by atoms with van der Waals surface area (Å²) in [6.07, 6.45) is 1.92. The topological polar surface area (TPSA) is 99.5 Å². The molecule has 1 heterocycles. The van der Waals surface area contributed by atoms with Gasteiger partial charge in [0.15, 0.2) is 5.69 Å². The van der Waals surface area contributed by atoms with E-state index in [1.54, 1.807) is 24.3 Å². The number of amides is 1. The van der Waals surface area contributed by atoms with Crippen LogP contribution in [0.25, 0.3) is 0 Å². The first-order valence-electron chi connectivity index (χ1n) is 6.32. The highest BCUT2D eigenvalue weighted by molar-refractivity contribution is 6.04. The number of carboxylic acid groups (broad SMARTS) is 1. The van der Waals surface area contributed by atoms with Gasteiger partial charge in [0.2, 0.25) is 0 Å². The molecule has 0 atom stereocenters. The summed E-state index contributed by atoms with van der Waals surface area (Å²) >= 11 is 0. The Labute approximate surface area is 121 Å². The number of nitrogens with zero attached hydrogens (tertiary/aromatic N) is 1. The summed E-state index contributed by atoms with van der Waals surface area (Å²) < 4.78 is 0. The molecule has 108 valence electrons. The van der Waals surface area contributed by atoms with E-state index in [-0.39, 0.29) is 17.9 Å². The molecule has 0 unspecified atom stereocenters. The first-order valence-corrected chi connectivity index (χ1v) is 6.32. The van der Waals surface area contributed by atoms with Crippen LogP contribution in [0.5, 0.6) is 5.75 Å². The summed E-state index contributed by atoms with van der Waals surface area (Å²) in [6, 6.07) is 9.76. The maximum atomic E-state index is 11.9. The third-order valence-corrected chi connectivity index (χ3v) is 2.84. The minimum absolute atomic E-state index is 0.0487. The van der Waals surface area contributed by atoms with Gasteiger partial charge in [-0.1, -0.05) is 12.1 Å². The fourth-order valence-electron chi connectivity index (χ4n) is 1.77. The van der Waals surface area contributed by atoms with E-state index in [0.717, 1.165) is 5.56 Å². The molecule has 3 N–H and O–H groups in total. The largest absolute Gasteiger partial charge is 0.505 e. The number of rotatable bonds is 5. The Morgan fingerprint density at radius 2 is 1.86 bits per heavy atom. The number of benzene rings is 1. The molecule has 0 spiro atoms. The summed E-state index contributed by atoms with van der Waals surface area (Å²) in [5.74, 6) is -1.54. The van der Waals surface area contributed by atoms with Crippen molar-refractivity contribution in [2.24, 2.45) is 0 Å². The minimum Gasteiger partial charge on any atom is -0.505 e. The predicted octanol–water partition coefficient (Wildman–Crippen LogP) is 2.06. The molecule has 1 amide bonds. The van der Waals surface area contributed by atoms with Gasteiger partial charge in [-0.25, -0.2) is 4.98 Å². The van der Waals surface area contributed by atoms with E-state index in [1.807, 2.05) is 0 Å². The van der Waals surface area contributed by atoms with E-state index < -0.39 is 11.9 Å². The van der Waals surface area contributed by atoms with E-state index in [9.17, 15) is 14.7 Å². The zero-order valence-corrected chi connectivity index (χ0v) is 11.1. The summed E-state index contributed by atoms with van der Waals surface area (Å²) in [5, 5.41) is 20.8. The predicted molar refractivity (Wildman–Crippen MR) is 76.3 cm³/mol. The van der Waals surface area contributed by atoms with Crippen LogP contribution in [0.1, 0.15) is 22.5 Å². The van der Waals surface area contributed by atoms with Gasteiger partial charge in [-0.2, -0.15) is 0 Å². The Kier molecular flexibility index (Phi) is 4.50. The Balaban J connectivity index is 2.02. The van der Waals surface area contributed by atoms with Crippen molar-refractivity contribution in [2.75, 3.05) is 5.32 Å². The second-order valence-corrected chi connectivity index (χ2v) is 4.42. The van der Waals surface area contributed by atoms with Crippen LogP contribution >= 0.6 is 0 Å². The monoisotopic (exact) mass is 286 g/mol. The third kappa shape index (κ3) is 4.04. The van der Waals surface area contributed by atoms with Crippen LogP contribution in [0.15, 0.2) is 42.6 Å². The molecule has 0 aliphatic carbocycles. The van der Waals surface area contributed by atoms with Gasteiger partial charge >= 0.3 is 5.97 Å². The number of carbonyl (C=O) groups is 2. The second-order valence-electron chi connectivity index (χ2n) is 4.42. The number of aromatic hydroxyl groups is 1. The Morgan fingerprint density at radius 1 is 1.14 bits per heavy atom. The third-order valence-electron chi connectivity index (χ3n) is 2.84. The highest BCUT2D eigenvalue weighted by atomic mass is 16.4. The molecule has 6 nitrogen and oxygen atoms in total. The summed E-state index contributed by atoms with van der Waals surface area (Å²) in [6.45, 7) is 0. The number of aromatic nitrogens is 1. The molecule has 0 aliphatic heterocycles. The lowest BCUT2D eigenvalue weighted by atomic mass is 10.1. The van der Waals surface area contributed by atoms with Gasteiger partial charge < -0.3 is 15.5 Å². The van der Waals surface area contributed by atoms with Crippen molar-refractivity contribution in [3.63, 3.8) is 0 Å². The molecule has 1 aromatic carbocycles. The number of hydrogen-bond acceptors (Lipinski definition) is 4. The Morgan fingerprint density at radius 3 is 2.48 bits per heavy atom. The Hall–Kier alpha value is -2.89. The first kappa shape index (κ1) is 14.5. The average Bonchev–Trinajstić information content (AvgIpc) is 2.47. The molecule has 0 aliphatic rings. The number of aryl methyl sites for hydroxylation is 1. The fourth-order valence-corrected chi connectivity index (χ4v) is 1.77. The van der Waals surface area contributed by atoms with Gasteiger partial charge in [-0.3, -0.25) is 9.59 Å². The molecule has 0 saturated carbocycles. The molecular weight excluding hydrogens is 272 g/mol. The smallest absolute Gasteiger partial charge is 0.303 e. The molecule has 2 rings (SSSR count). The SMILES string of the molecule is O=C(O)CCc1ccc(NC(=O)c2ncccc2O)cc1. The summed E-state index contributed by atoms with van der Waals surface area (Å²) in [4.78, 5) is 26.2. The molecule has 0 radical (unpaired) electrons. The zero-order valence-electron chi connectivity index (χ0n) is 11.1. The van der Waals surface area contributed by atoms with E-state index in [2.05, 4.69) is 10.3 Å². The molecular formula is C15H14N2O4. The number of nitrogens with one attached hydrogen (secondary N) is 1. The molecule has 0 bridgehead atoms. The number of hydrogen-bond donors (Lipinski definition) is 3. The van der Waals surface area contributed by atoms with E-state index >= 15 is 0 Å². The molecule has 1 aromatic heterocycles. The van der Waals surface area contributed by atoms with Crippen LogP contribution in [0, 0.1) is 0 Å². The van der Waals surface area contributed by atoms with Crippen molar-refractivity contribution in [3.8, 4) is 5.75 Å². The van der Waals surface area contributed by atoms with Crippen molar-refractivity contribution in [1.29, 1.82) is 0 Å². The second kappa shape index (κ2) is 6.51. The van der Waals surface area contributed by atoms with Gasteiger partial charge in [-0.05, 0) is 36.2 Å². The maximum Gasteiger partial charge on any atom is 0.303 e. The van der Waals surface area contributed by atoms with Crippen molar-refractivity contribution in [2.45, 2.75) is 12.8 Å². The molecule has 6 heteroatoms. The number of anilines is 1. The van der Waals surface area contributed by atoms with Gasteiger partial charge in [0.25, 0.3) is 5.91 Å². The Bertz CT molecular complexity index is 653. The average molecular weight is 286 g/mol. The highest BCUT2D eigenvalue weighted by Gasteiger charge is 2.12. The van der Waals surface area contributed by atoms with Crippen molar-refractivity contribution in [1.82, 2.24) is 4.98 Å². The molecule has 0 saturated heterocycles. The molecule has 2 aromatic rings. The first-order chi connectivity index (χ1) is 10.1. The van der Waals surface area contributed by atoms with Crippen molar-refractivity contribution in [3.05, 3.63) is 53.9 Å². The number of carbonyl (C=O) groups excluding carboxylic acids is 1. The van der Waals surface area contributed by atoms with Gasteiger partial charge in [0, 0.05) is 18.3 Å². The summed E-state index contributed by atoms with van der Waals surface area (Å²) in [7, 11) is 0. The van der Waals surface area contributed by atoms with Crippen LogP contribution in [-0.2, 0) is 11.2 Å². The van der Waals surface area contributed by atoms with Crippen molar-refractivity contribution >= 4 is 17.6 Å². The highest BCUT2D eigenvalue weighted by Crippen LogP contribution is 2.16. The van der Waals surface area contributed by atoms with Crippen LogP contribution in [0.2, 0.25) is 0 Å². The number of pyridine rings is 1. The zero-order chi connectivity index (χ0) is 15.2. The van der Waals surface area contributed by atoms with Gasteiger partial charge in [0.1, 0.15) is 5.75 Å². The number of carboxylic acids is 1. The van der Waals surface area contributed by atoms with Gasteiger partial charge in [-0.15, -0.1) is 0 Å². The van der Waals surface area contributed by atoms with E-state index in [0.29, 0.717) is 12.1 Å². The quantitative estimate of drug-likeness (QED) is 0.781. The van der Waals surface area contributed by atoms with Crippen LogP contribution in [0.4, 0.5) is 5.69 Å². The summed E-state index contributed by atoms with van der Waals surface area (Å²) in [5.41, 5.74) is 1.37. The molecule has 21 heavy (non-hydrogen) atoms. The minimum atomic E-state index is -0.849. The maximum absolute atomic E-state index is 11.9. The van der Waals surface area contributed by atoms with E-state index in [1.165, 1.54) is 18.3 Å². The number of aliphatic carboxylic acids is 1. The van der Waals surface area contributed by atoms with Crippen LogP contribution in [0.3, 0.4) is 0 Å². The van der Waals surface area contributed by atoms with Crippen LogP contribution in [-0.4, -0.2) is 27.1 Å². The standard InChI is InChI=1S/C15H14N2O4/c18-12-2-1-9-16-14(12)15(21)17-11-6-3-10(4-7-11)5-8-13(19)20/h1-4,6-7,9,18H,5,8H2,(H,17,21)(H,19,20). The normalized spacial score (nSPS) is 10.1. The molecule has 0 fully saturated rings. The van der Waals surface area contributed by atoms with Gasteiger partial charge in [0.05, 0.1) is 0 Å².